The number of para-hydroxylation sites is 2. The molecule has 2 fully saturated rings. The van der Waals surface area contributed by atoms with E-state index in [1.54, 1.807) is 0 Å². The number of rotatable bonds is 3. The van der Waals surface area contributed by atoms with Crippen LogP contribution >= 0.6 is 0 Å². The summed E-state index contributed by atoms with van der Waals surface area (Å²) in [7, 11) is 0. The van der Waals surface area contributed by atoms with Crippen molar-refractivity contribution in [1.82, 2.24) is 0 Å². The average molecular weight is 426 g/mol. The summed E-state index contributed by atoms with van der Waals surface area (Å²) in [5.41, 5.74) is 5.64. The minimum atomic E-state index is -2.17. The third-order valence-corrected chi connectivity index (χ3v) is 8.46. The van der Waals surface area contributed by atoms with E-state index in [9.17, 15) is 0 Å². The highest BCUT2D eigenvalue weighted by Crippen LogP contribution is 2.61. The van der Waals surface area contributed by atoms with E-state index in [2.05, 4.69) is 90.4 Å². The summed E-state index contributed by atoms with van der Waals surface area (Å²) in [5.74, 6) is 0.484. The summed E-state index contributed by atoms with van der Waals surface area (Å²) in [6.45, 7) is 2.19. The molecular formula is C30H34N2. The number of hydrogen-bond donors (Lipinski definition) is 0. The quantitative estimate of drug-likeness (QED) is 0.450. The molecule has 2 heteroatoms. The first-order valence-corrected chi connectivity index (χ1v) is 12.1. The Balaban J connectivity index is 1.66. The zero-order valence-electron chi connectivity index (χ0n) is 22.0. The number of anilines is 2. The maximum absolute atomic E-state index is 8.76. The van der Waals surface area contributed by atoms with Crippen molar-refractivity contribution in [1.29, 1.82) is 0 Å². The average Bonchev–Trinajstić information content (AvgIpc) is 3.55. The van der Waals surface area contributed by atoms with Gasteiger partial charge in [-0.25, -0.2) is 0 Å². The lowest BCUT2D eigenvalue weighted by Crippen LogP contribution is -2.52. The molecule has 2 nitrogen and oxygen atoms in total. The SMILES string of the molecule is [2H]C([2H])([2H])C1N2c3ccccc3C(c3ccccc3)(C3CCCC3)C2[C@H](C)N1c1ccccc1C. The first-order chi connectivity index (χ1) is 16.9. The molecule has 2 aliphatic heterocycles. The highest BCUT2D eigenvalue weighted by Gasteiger charge is 2.63. The Morgan fingerprint density at radius 3 is 2.19 bits per heavy atom. The summed E-state index contributed by atoms with van der Waals surface area (Å²) < 4.78 is 26.3. The summed E-state index contributed by atoms with van der Waals surface area (Å²) in [4.78, 5) is 4.51. The maximum Gasteiger partial charge on any atom is 0.0994 e. The van der Waals surface area contributed by atoms with Gasteiger partial charge in [0.2, 0.25) is 0 Å². The van der Waals surface area contributed by atoms with Gasteiger partial charge in [0.25, 0.3) is 0 Å². The standard InChI is InChI=1S/C30H34N2/c1-21-13-7-11-19-27(21)31-22(2)29-30(25-16-8-9-17-25,24-14-5-4-6-15-24)26-18-10-12-20-28(26)32(29)23(31)3/h4-7,10-15,18-20,22-23,25,29H,8-9,16-17H2,1-3H3/t22-,23?,29?,30?/m0/s1/i3D3. The zero-order chi connectivity index (χ0) is 24.4. The minimum absolute atomic E-state index is 0.0229. The van der Waals surface area contributed by atoms with Crippen LogP contribution in [-0.4, -0.2) is 18.2 Å². The van der Waals surface area contributed by atoms with Crippen LogP contribution < -0.4 is 9.80 Å². The Bertz CT molecular complexity index is 1220. The molecule has 32 heavy (non-hydrogen) atoms. The van der Waals surface area contributed by atoms with Crippen LogP contribution in [0.2, 0.25) is 0 Å². The first kappa shape index (κ1) is 16.8. The Morgan fingerprint density at radius 2 is 1.47 bits per heavy atom. The van der Waals surface area contributed by atoms with Gasteiger partial charge in [0, 0.05) is 26.9 Å². The molecule has 1 saturated carbocycles. The van der Waals surface area contributed by atoms with Crippen molar-refractivity contribution in [3.63, 3.8) is 0 Å². The molecule has 3 aromatic carbocycles. The molecule has 0 aromatic heterocycles. The number of hydrogen-bond acceptors (Lipinski definition) is 2. The van der Waals surface area contributed by atoms with Gasteiger partial charge in [0.05, 0.1) is 12.2 Å². The lowest BCUT2D eigenvalue weighted by atomic mass is 9.61. The van der Waals surface area contributed by atoms with Gasteiger partial charge in [-0.15, -0.1) is 0 Å². The summed E-state index contributed by atoms with van der Waals surface area (Å²) >= 11 is 0. The second-order valence-corrected chi connectivity index (χ2v) is 9.89. The Morgan fingerprint density at radius 1 is 0.812 bits per heavy atom. The molecule has 0 spiro atoms. The zero-order valence-corrected chi connectivity index (χ0v) is 19.0. The van der Waals surface area contributed by atoms with E-state index in [-0.39, 0.29) is 17.5 Å². The topological polar surface area (TPSA) is 6.48 Å². The van der Waals surface area contributed by atoms with Gasteiger partial charge in [0.1, 0.15) is 0 Å². The summed E-state index contributed by atoms with van der Waals surface area (Å²) in [5, 5.41) is 0. The first-order valence-electron chi connectivity index (χ1n) is 13.6. The fraction of sp³-hybridized carbons (Fsp3) is 0.400. The predicted molar refractivity (Wildman–Crippen MR) is 134 cm³/mol. The second-order valence-electron chi connectivity index (χ2n) is 9.89. The van der Waals surface area contributed by atoms with Gasteiger partial charge in [0.15, 0.2) is 0 Å². The number of fused-ring (bicyclic) bond motifs is 3. The van der Waals surface area contributed by atoms with Crippen LogP contribution in [0.4, 0.5) is 11.4 Å². The van der Waals surface area contributed by atoms with Crippen LogP contribution in [0.25, 0.3) is 0 Å². The van der Waals surface area contributed by atoms with Crippen molar-refractivity contribution in [2.24, 2.45) is 5.92 Å². The monoisotopic (exact) mass is 425 g/mol. The molecule has 2 heterocycles. The molecule has 164 valence electrons. The molecule has 3 aliphatic rings. The van der Waals surface area contributed by atoms with E-state index in [4.69, 9.17) is 4.11 Å². The third kappa shape index (κ3) is 2.53. The van der Waals surface area contributed by atoms with Crippen LogP contribution in [0.5, 0.6) is 0 Å². The van der Waals surface area contributed by atoms with Gasteiger partial charge in [-0.05, 0) is 68.3 Å². The molecule has 0 radical (unpaired) electrons. The largest absolute Gasteiger partial charge is 0.346 e. The molecular weight excluding hydrogens is 388 g/mol. The highest BCUT2D eigenvalue weighted by atomic mass is 15.5. The van der Waals surface area contributed by atoms with Crippen molar-refractivity contribution >= 4 is 11.4 Å². The molecule has 4 atom stereocenters. The van der Waals surface area contributed by atoms with Crippen molar-refractivity contribution < 1.29 is 4.11 Å². The van der Waals surface area contributed by atoms with E-state index in [0.29, 0.717) is 5.92 Å². The molecule has 0 N–H and O–H groups in total. The number of nitrogens with zero attached hydrogens (tertiary/aromatic N) is 2. The Kier molecular flexibility index (Phi) is 3.89. The molecule has 1 saturated heterocycles. The van der Waals surface area contributed by atoms with E-state index in [1.165, 1.54) is 36.8 Å². The van der Waals surface area contributed by atoms with Crippen molar-refractivity contribution in [3.8, 4) is 0 Å². The van der Waals surface area contributed by atoms with Crippen LogP contribution in [0.15, 0.2) is 78.9 Å². The number of aryl methyl sites for hydroxylation is 1. The fourth-order valence-corrected chi connectivity index (χ4v) is 7.31. The molecule has 1 aliphatic carbocycles. The fourth-order valence-electron chi connectivity index (χ4n) is 7.31. The van der Waals surface area contributed by atoms with Crippen LogP contribution in [0.3, 0.4) is 0 Å². The highest BCUT2D eigenvalue weighted by molar-refractivity contribution is 5.74. The smallest absolute Gasteiger partial charge is 0.0994 e. The van der Waals surface area contributed by atoms with Crippen LogP contribution in [0, 0.1) is 12.8 Å². The van der Waals surface area contributed by atoms with E-state index in [0.717, 1.165) is 16.9 Å². The van der Waals surface area contributed by atoms with Gasteiger partial charge < -0.3 is 9.80 Å². The molecule has 0 amide bonds. The van der Waals surface area contributed by atoms with Gasteiger partial charge in [-0.3, -0.25) is 0 Å². The predicted octanol–water partition coefficient (Wildman–Crippen LogP) is 6.91. The van der Waals surface area contributed by atoms with E-state index >= 15 is 0 Å². The van der Waals surface area contributed by atoms with Crippen molar-refractivity contribution in [2.75, 3.05) is 9.80 Å². The third-order valence-electron chi connectivity index (χ3n) is 8.46. The summed E-state index contributed by atoms with van der Waals surface area (Å²) in [6.07, 6.45) is 4.14. The number of benzene rings is 3. The maximum atomic E-state index is 8.76. The van der Waals surface area contributed by atoms with Crippen molar-refractivity contribution in [3.05, 3.63) is 95.6 Å². The molecule has 3 unspecified atom stereocenters. The normalized spacial score (nSPS) is 31.2. The molecule has 6 rings (SSSR count). The van der Waals surface area contributed by atoms with Crippen LogP contribution in [-0.2, 0) is 5.41 Å². The van der Waals surface area contributed by atoms with Crippen LogP contribution in [0.1, 0.15) is 60.3 Å². The Labute approximate surface area is 197 Å². The second kappa shape index (κ2) is 7.40. The van der Waals surface area contributed by atoms with Gasteiger partial charge >= 0.3 is 0 Å². The van der Waals surface area contributed by atoms with Gasteiger partial charge in [-0.1, -0.05) is 79.6 Å². The minimum Gasteiger partial charge on any atom is -0.346 e. The lowest BCUT2D eigenvalue weighted by molar-refractivity contribution is 0.276. The summed E-state index contributed by atoms with van der Waals surface area (Å²) in [6, 6.07) is 27.9. The van der Waals surface area contributed by atoms with Gasteiger partial charge in [-0.2, -0.15) is 0 Å². The van der Waals surface area contributed by atoms with E-state index < -0.39 is 13.0 Å². The Hall–Kier alpha value is -2.74. The molecule has 3 aromatic rings. The lowest BCUT2D eigenvalue weighted by Gasteiger charge is -2.44. The van der Waals surface area contributed by atoms with Crippen molar-refractivity contribution in [2.45, 2.75) is 70.0 Å². The van der Waals surface area contributed by atoms with E-state index in [1.807, 2.05) is 12.1 Å². The molecule has 0 bridgehead atoms.